The first kappa shape index (κ1) is 34.6. The van der Waals surface area contributed by atoms with Crippen LogP contribution in [0.25, 0.3) is 11.1 Å². The summed E-state index contributed by atoms with van der Waals surface area (Å²) in [5.41, 5.74) is 6.51. The molecule has 234 valence electrons. The molecule has 3 rings (SSSR count). The average molecular weight is 587 g/mol. The number of carbonyl (C=O) groups is 4. The van der Waals surface area contributed by atoms with Gasteiger partial charge in [0, 0.05) is 29.9 Å². The molecule has 0 saturated carbocycles. The second kappa shape index (κ2) is 13.8. The maximum absolute atomic E-state index is 14.0. The normalized spacial score (nSPS) is 16.9. The fourth-order valence-corrected chi connectivity index (χ4v) is 7.34. The van der Waals surface area contributed by atoms with Gasteiger partial charge in [-0.05, 0) is 89.7 Å². The van der Waals surface area contributed by atoms with Gasteiger partial charge >= 0.3 is 0 Å². The Balaban J connectivity index is 2.02. The van der Waals surface area contributed by atoms with Crippen molar-refractivity contribution in [2.75, 3.05) is 0 Å². The van der Waals surface area contributed by atoms with Gasteiger partial charge in [-0.2, -0.15) is 0 Å². The molecule has 0 N–H and O–H groups in total. The summed E-state index contributed by atoms with van der Waals surface area (Å²) in [5, 5.41) is 0. The Hall–Kier alpha value is -2.88. The Morgan fingerprint density at radius 1 is 0.977 bits per heavy atom. The summed E-state index contributed by atoms with van der Waals surface area (Å²) >= 11 is 0. The highest BCUT2D eigenvalue weighted by molar-refractivity contribution is 6.03. The van der Waals surface area contributed by atoms with Gasteiger partial charge in [0.1, 0.15) is 11.6 Å². The van der Waals surface area contributed by atoms with Crippen molar-refractivity contribution in [3.8, 4) is 11.1 Å². The largest absolute Gasteiger partial charge is 0.299 e. The first-order valence-corrected chi connectivity index (χ1v) is 16.3. The molecule has 0 saturated heterocycles. The molecule has 2 aromatic rings. The Bertz CT molecular complexity index is 1360. The number of Topliss-reactive ketones (excluding diaryl/α,β-unsaturated/α-hetero) is 4. The molecular weight excluding hydrogens is 532 g/mol. The van der Waals surface area contributed by atoms with Gasteiger partial charge in [0.2, 0.25) is 0 Å². The van der Waals surface area contributed by atoms with Crippen LogP contribution in [0.5, 0.6) is 0 Å². The highest BCUT2D eigenvalue weighted by Gasteiger charge is 2.36. The van der Waals surface area contributed by atoms with E-state index in [9.17, 15) is 19.2 Å². The van der Waals surface area contributed by atoms with Gasteiger partial charge in [0.15, 0.2) is 11.6 Å². The molecule has 1 aliphatic rings. The van der Waals surface area contributed by atoms with Gasteiger partial charge in [-0.3, -0.25) is 19.2 Å². The van der Waals surface area contributed by atoms with E-state index < -0.39 is 0 Å². The highest BCUT2D eigenvalue weighted by Crippen LogP contribution is 2.43. The third-order valence-electron chi connectivity index (χ3n) is 9.15. The second-order valence-corrected chi connectivity index (χ2v) is 15.3. The minimum absolute atomic E-state index is 0.00777. The second-order valence-electron chi connectivity index (χ2n) is 15.3. The Morgan fingerprint density at radius 3 is 2.21 bits per heavy atom. The van der Waals surface area contributed by atoms with E-state index in [0.717, 1.165) is 59.1 Å². The number of hydrogen-bond donors (Lipinski definition) is 0. The number of carbonyl (C=O) groups excluding carboxylic acids is 4. The minimum Gasteiger partial charge on any atom is -0.299 e. The Morgan fingerprint density at radius 2 is 1.65 bits per heavy atom. The fourth-order valence-electron chi connectivity index (χ4n) is 7.34. The molecule has 0 radical (unpaired) electrons. The van der Waals surface area contributed by atoms with Crippen LogP contribution in [0.1, 0.15) is 145 Å². The van der Waals surface area contributed by atoms with Gasteiger partial charge in [-0.1, -0.05) is 92.5 Å². The molecular formula is C39H54O4. The van der Waals surface area contributed by atoms with Crippen molar-refractivity contribution in [1.29, 1.82) is 0 Å². The summed E-state index contributed by atoms with van der Waals surface area (Å²) in [4.78, 5) is 52.4. The van der Waals surface area contributed by atoms with Crippen molar-refractivity contribution < 1.29 is 19.2 Å². The van der Waals surface area contributed by atoms with Crippen LogP contribution in [0.15, 0.2) is 30.3 Å². The number of ketones is 4. The van der Waals surface area contributed by atoms with E-state index in [1.807, 2.05) is 45.0 Å². The summed E-state index contributed by atoms with van der Waals surface area (Å²) in [6.07, 6.45) is 5.02. The molecule has 0 fully saturated rings. The molecule has 0 amide bonds. The highest BCUT2D eigenvalue weighted by atomic mass is 16.2. The van der Waals surface area contributed by atoms with E-state index in [0.29, 0.717) is 24.8 Å². The van der Waals surface area contributed by atoms with Crippen molar-refractivity contribution >= 4 is 23.1 Å². The first-order chi connectivity index (χ1) is 20.0. The topological polar surface area (TPSA) is 68.3 Å². The van der Waals surface area contributed by atoms with E-state index >= 15 is 0 Å². The molecule has 2 aromatic carbocycles. The van der Waals surface area contributed by atoms with Crippen LogP contribution >= 0.6 is 0 Å². The number of fused-ring (bicyclic) bond motifs is 1. The summed E-state index contributed by atoms with van der Waals surface area (Å²) in [6.45, 7) is 20.5. The van der Waals surface area contributed by atoms with E-state index in [-0.39, 0.29) is 58.1 Å². The first-order valence-electron chi connectivity index (χ1n) is 16.3. The molecule has 1 aliphatic carbocycles. The molecule has 0 aromatic heterocycles. The molecule has 0 heterocycles. The van der Waals surface area contributed by atoms with E-state index in [1.54, 1.807) is 6.92 Å². The summed E-state index contributed by atoms with van der Waals surface area (Å²) in [7, 11) is 0. The predicted octanol–water partition coefficient (Wildman–Crippen LogP) is 9.70. The number of benzene rings is 2. The number of hydrogen-bond acceptors (Lipinski definition) is 4. The zero-order valence-electron chi connectivity index (χ0n) is 28.4. The van der Waals surface area contributed by atoms with Crippen LogP contribution in [0, 0.1) is 30.1 Å². The zero-order chi connectivity index (χ0) is 32.3. The van der Waals surface area contributed by atoms with E-state index in [4.69, 9.17) is 0 Å². The predicted molar refractivity (Wildman–Crippen MR) is 177 cm³/mol. The molecule has 3 atom stereocenters. The lowest BCUT2D eigenvalue weighted by atomic mass is 9.69. The number of rotatable bonds is 12. The summed E-state index contributed by atoms with van der Waals surface area (Å²) < 4.78 is 0. The molecule has 43 heavy (non-hydrogen) atoms. The lowest BCUT2D eigenvalue weighted by Gasteiger charge is -2.34. The fraction of sp³-hybridized carbons (Fsp3) is 0.590. The maximum Gasteiger partial charge on any atom is 0.163 e. The Kier molecular flexibility index (Phi) is 11.1. The van der Waals surface area contributed by atoms with Gasteiger partial charge in [-0.15, -0.1) is 0 Å². The molecule has 0 bridgehead atoms. The average Bonchev–Trinajstić information content (AvgIpc) is 2.87. The van der Waals surface area contributed by atoms with Gasteiger partial charge in [-0.25, -0.2) is 0 Å². The molecule has 4 nitrogen and oxygen atoms in total. The van der Waals surface area contributed by atoms with Crippen molar-refractivity contribution in [3.05, 3.63) is 58.1 Å². The maximum atomic E-state index is 14.0. The Labute approximate surface area is 260 Å². The third kappa shape index (κ3) is 8.61. The van der Waals surface area contributed by atoms with Crippen LogP contribution in [-0.4, -0.2) is 23.1 Å². The van der Waals surface area contributed by atoms with Crippen LogP contribution in [0.2, 0.25) is 0 Å². The molecule has 3 unspecified atom stereocenters. The van der Waals surface area contributed by atoms with E-state index in [2.05, 4.69) is 47.6 Å². The standard InChI is InChI=1S/C39H54O4/c1-11-14-28(31(12-2)35(42)21-30(41)23-38(5,6)7)17-26-18-33-32(29-16-13-15-27(20-29)25(4)40)22-34(39(8,9)10)24(3)37(33)36(43)19-26/h13,15-16,20,22,26,28,31H,11-12,14,17-19,21,23H2,1-10H3. The summed E-state index contributed by atoms with van der Waals surface area (Å²) in [5.74, 6) is 0.375. The van der Waals surface area contributed by atoms with Crippen LogP contribution < -0.4 is 0 Å². The zero-order valence-corrected chi connectivity index (χ0v) is 28.4. The van der Waals surface area contributed by atoms with Crippen molar-refractivity contribution in [3.63, 3.8) is 0 Å². The smallest absolute Gasteiger partial charge is 0.163 e. The van der Waals surface area contributed by atoms with Gasteiger partial charge in [0.25, 0.3) is 0 Å². The quantitative estimate of drug-likeness (QED) is 0.183. The third-order valence-corrected chi connectivity index (χ3v) is 9.15. The molecule has 0 spiro atoms. The minimum atomic E-state index is -0.169. The van der Waals surface area contributed by atoms with Crippen LogP contribution in [-0.2, 0) is 21.4 Å². The van der Waals surface area contributed by atoms with Crippen molar-refractivity contribution in [1.82, 2.24) is 0 Å². The lowest BCUT2D eigenvalue weighted by molar-refractivity contribution is -0.131. The van der Waals surface area contributed by atoms with E-state index in [1.165, 1.54) is 0 Å². The van der Waals surface area contributed by atoms with Crippen LogP contribution in [0.4, 0.5) is 0 Å². The molecule has 4 heteroatoms. The van der Waals surface area contributed by atoms with Crippen molar-refractivity contribution in [2.45, 2.75) is 126 Å². The van der Waals surface area contributed by atoms with Gasteiger partial charge in [0.05, 0.1) is 6.42 Å². The SMILES string of the molecule is CCCC(CC1CC(=O)c2c(C)c(C(C)(C)C)cc(-c3cccc(C(C)=O)c3)c2C1)C(CC)C(=O)CC(=O)CC(C)(C)C. The van der Waals surface area contributed by atoms with Gasteiger partial charge < -0.3 is 0 Å². The lowest BCUT2D eigenvalue weighted by Crippen LogP contribution is -2.31. The molecule has 0 aliphatic heterocycles. The monoisotopic (exact) mass is 586 g/mol. The van der Waals surface area contributed by atoms with Crippen molar-refractivity contribution in [2.24, 2.45) is 23.2 Å². The summed E-state index contributed by atoms with van der Waals surface area (Å²) in [6, 6.07) is 10.00. The van der Waals surface area contributed by atoms with Crippen LogP contribution in [0.3, 0.4) is 0 Å².